The highest BCUT2D eigenvalue weighted by Crippen LogP contribution is 2.14. The number of nitrogens with one attached hydrogen (secondary N) is 1. The first kappa shape index (κ1) is 15.7. The van der Waals surface area contributed by atoms with E-state index in [-0.39, 0.29) is 5.91 Å². The Morgan fingerprint density at radius 2 is 1.81 bits per heavy atom. The zero-order valence-electron chi connectivity index (χ0n) is 13.7. The van der Waals surface area contributed by atoms with Gasteiger partial charge in [0.05, 0.1) is 12.0 Å². The van der Waals surface area contributed by atoms with E-state index in [0.29, 0.717) is 18.1 Å². The van der Waals surface area contributed by atoms with Crippen LogP contribution in [0.15, 0.2) is 73.8 Å². The first-order valence-corrected chi connectivity index (χ1v) is 7.98. The number of carbonyl (C=O) groups excluding carboxylic acids is 1. The summed E-state index contributed by atoms with van der Waals surface area (Å²) in [5.74, 6) is 0.335. The number of rotatable bonds is 5. The highest BCUT2D eigenvalue weighted by molar-refractivity contribution is 5.92. The average Bonchev–Trinajstić information content (AvgIpc) is 3.40. The molecular weight excluding hydrogens is 330 g/mol. The summed E-state index contributed by atoms with van der Waals surface area (Å²) in [5, 5.41) is 10.4. The fraction of sp³-hybridized carbons (Fsp3) is 0.0556. The Morgan fingerprint density at radius 3 is 2.62 bits per heavy atom. The van der Waals surface area contributed by atoms with E-state index >= 15 is 0 Å². The zero-order chi connectivity index (χ0) is 17.8. The molecule has 0 aliphatic rings. The van der Waals surface area contributed by atoms with E-state index < -0.39 is 0 Å². The van der Waals surface area contributed by atoms with Crippen LogP contribution in [0.5, 0.6) is 0 Å². The van der Waals surface area contributed by atoms with Crippen molar-refractivity contribution in [3.63, 3.8) is 0 Å². The van der Waals surface area contributed by atoms with Gasteiger partial charge >= 0.3 is 0 Å². The SMILES string of the molecule is O=C(NCc1ccccc1-n1ccnc1)c1cccc(-n2cnnc2)n1. The van der Waals surface area contributed by atoms with Crippen LogP contribution in [0.4, 0.5) is 0 Å². The number of imidazole rings is 1. The number of nitrogens with zero attached hydrogens (tertiary/aromatic N) is 6. The van der Waals surface area contributed by atoms with Crippen LogP contribution in [0.3, 0.4) is 0 Å². The Labute approximate surface area is 149 Å². The van der Waals surface area contributed by atoms with Gasteiger partial charge in [-0.3, -0.25) is 9.36 Å². The molecule has 1 aromatic carbocycles. The second kappa shape index (κ2) is 6.98. The van der Waals surface area contributed by atoms with Gasteiger partial charge in [-0.05, 0) is 23.8 Å². The van der Waals surface area contributed by atoms with Crippen molar-refractivity contribution in [1.29, 1.82) is 0 Å². The molecule has 3 heterocycles. The summed E-state index contributed by atoms with van der Waals surface area (Å²) in [7, 11) is 0. The van der Waals surface area contributed by atoms with E-state index in [1.165, 1.54) is 12.7 Å². The van der Waals surface area contributed by atoms with Crippen molar-refractivity contribution in [2.45, 2.75) is 6.54 Å². The number of hydrogen-bond donors (Lipinski definition) is 1. The minimum atomic E-state index is -0.250. The zero-order valence-corrected chi connectivity index (χ0v) is 13.7. The molecule has 0 saturated carbocycles. The van der Waals surface area contributed by atoms with Crippen molar-refractivity contribution in [1.82, 2.24) is 34.6 Å². The largest absolute Gasteiger partial charge is 0.347 e. The molecule has 3 aromatic heterocycles. The Kier molecular flexibility index (Phi) is 4.21. The molecule has 0 fully saturated rings. The molecule has 8 heteroatoms. The molecule has 0 radical (unpaired) electrons. The van der Waals surface area contributed by atoms with Crippen molar-refractivity contribution in [2.24, 2.45) is 0 Å². The maximum Gasteiger partial charge on any atom is 0.270 e. The highest BCUT2D eigenvalue weighted by atomic mass is 16.1. The predicted octanol–water partition coefficient (Wildman–Crippen LogP) is 1.78. The number of amides is 1. The highest BCUT2D eigenvalue weighted by Gasteiger charge is 2.10. The van der Waals surface area contributed by atoms with Crippen molar-refractivity contribution in [2.75, 3.05) is 0 Å². The molecule has 0 aliphatic carbocycles. The quantitative estimate of drug-likeness (QED) is 0.595. The summed E-state index contributed by atoms with van der Waals surface area (Å²) in [6.07, 6.45) is 8.38. The van der Waals surface area contributed by atoms with Gasteiger partial charge in [-0.25, -0.2) is 9.97 Å². The fourth-order valence-corrected chi connectivity index (χ4v) is 2.59. The lowest BCUT2D eigenvalue weighted by molar-refractivity contribution is 0.0946. The normalized spacial score (nSPS) is 10.6. The van der Waals surface area contributed by atoms with Crippen LogP contribution in [-0.4, -0.2) is 35.2 Å². The van der Waals surface area contributed by atoms with E-state index in [0.717, 1.165) is 11.3 Å². The van der Waals surface area contributed by atoms with Gasteiger partial charge in [0.25, 0.3) is 5.91 Å². The van der Waals surface area contributed by atoms with Crippen molar-refractivity contribution < 1.29 is 4.79 Å². The third kappa shape index (κ3) is 3.20. The standard InChI is InChI=1S/C18H15N7O/c26-18(15-5-3-7-17(23-15)25-12-21-22-13-25)20-10-14-4-1-2-6-16(14)24-9-8-19-11-24/h1-9,11-13H,10H2,(H,20,26). The molecule has 26 heavy (non-hydrogen) atoms. The van der Waals surface area contributed by atoms with Crippen LogP contribution < -0.4 is 5.32 Å². The molecule has 8 nitrogen and oxygen atoms in total. The summed E-state index contributed by atoms with van der Waals surface area (Å²) in [4.78, 5) is 20.9. The van der Waals surface area contributed by atoms with Gasteiger partial charge in [0, 0.05) is 18.9 Å². The van der Waals surface area contributed by atoms with Gasteiger partial charge in [-0.1, -0.05) is 24.3 Å². The minimum absolute atomic E-state index is 0.250. The second-order valence-electron chi connectivity index (χ2n) is 5.53. The summed E-state index contributed by atoms with van der Waals surface area (Å²) in [6, 6.07) is 13.1. The molecule has 0 spiro atoms. The van der Waals surface area contributed by atoms with Crippen molar-refractivity contribution in [3.8, 4) is 11.5 Å². The van der Waals surface area contributed by atoms with E-state index in [1.54, 1.807) is 35.3 Å². The number of aromatic nitrogens is 6. The summed E-state index contributed by atoms with van der Waals surface area (Å²) in [6.45, 7) is 0.381. The van der Waals surface area contributed by atoms with Crippen LogP contribution in [0, 0.1) is 0 Å². The van der Waals surface area contributed by atoms with Gasteiger partial charge in [0.15, 0.2) is 0 Å². The number of carbonyl (C=O) groups is 1. The van der Waals surface area contributed by atoms with E-state index in [1.807, 2.05) is 35.0 Å². The lowest BCUT2D eigenvalue weighted by atomic mass is 10.1. The molecule has 0 aliphatic heterocycles. The van der Waals surface area contributed by atoms with Crippen LogP contribution in [-0.2, 0) is 6.54 Å². The topological polar surface area (TPSA) is 90.5 Å². The van der Waals surface area contributed by atoms with Gasteiger partial charge < -0.3 is 9.88 Å². The third-order valence-corrected chi connectivity index (χ3v) is 3.86. The summed E-state index contributed by atoms with van der Waals surface area (Å²) >= 11 is 0. The molecule has 0 bridgehead atoms. The Hall–Kier alpha value is -3.81. The first-order valence-electron chi connectivity index (χ1n) is 7.98. The molecular formula is C18H15N7O. The first-order chi connectivity index (χ1) is 12.8. The summed E-state index contributed by atoms with van der Waals surface area (Å²) < 4.78 is 3.55. The number of hydrogen-bond acceptors (Lipinski definition) is 5. The minimum Gasteiger partial charge on any atom is -0.347 e. The van der Waals surface area contributed by atoms with Gasteiger partial charge in [0.2, 0.25) is 0 Å². The lowest BCUT2D eigenvalue weighted by Crippen LogP contribution is -2.24. The monoisotopic (exact) mass is 345 g/mol. The Bertz CT molecular complexity index is 1010. The van der Waals surface area contributed by atoms with E-state index in [2.05, 4.69) is 25.5 Å². The maximum atomic E-state index is 12.5. The smallest absolute Gasteiger partial charge is 0.270 e. The van der Waals surface area contributed by atoms with Crippen LogP contribution in [0.2, 0.25) is 0 Å². The molecule has 0 unspecified atom stereocenters. The number of para-hydroxylation sites is 1. The molecule has 4 aromatic rings. The second-order valence-corrected chi connectivity index (χ2v) is 5.53. The molecule has 0 saturated heterocycles. The fourth-order valence-electron chi connectivity index (χ4n) is 2.59. The average molecular weight is 345 g/mol. The van der Waals surface area contributed by atoms with E-state index in [9.17, 15) is 4.79 Å². The number of pyridine rings is 1. The molecule has 128 valence electrons. The van der Waals surface area contributed by atoms with Gasteiger partial charge in [-0.15, -0.1) is 10.2 Å². The van der Waals surface area contributed by atoms with E-state index in [4.69, 9.17) is 0 Å². The van der Waals surface area contributed by atoms with Crippen LogP contribution >= 0.6 is 0 Å². The third-order valence-electron chi connectivity index (χ3n) is 3.86. The van der Waals surface area contributed by atoms with Gasteiger partial charge in [-0.2, -0.15) is 0 Å². The van der Waals surface area contributed by atoms with Crippen molar-refractivity contribution in [3.05, 3.63) is 85.1 Å². The van der Waals surface area contributed by atoms with Crippen LogP contribution in [0.25, 0.3) is 11.5 Å². The van der Waals surface area contributed by atoms with Gasteiger partial charge in [0.1, 0.15) is 24.2 Å². The van der Waals surface area contributed by atoms with Crippen LogP contribution in [0.1, 0.15) is 16.1 Å². The summed E-state index contributed by atoms with van der Waals surface area (Å²) in [5.41, 5.74) is 2.28. The molecule has 1 N–H and O–H groups in total. The van der Waals surface area contributed by atoms with Crippen molar-refractivity contribution >= 4 is 5.91 Å². The Balaban J connectivity index is 1.51. The lowest BCUT2D eigenvalue weighted by Gasteiger charge is -2.11. The maximum absolute atomic E-state index is 12.5. The molecule has 4 rings (SSSR count). The number of benzene rings is 1. The Morgan fingerprint density at radius 1 is 0.962 bits per heavy atom. The molecule has 0 atom stereocenters. The predicted molar refractivity (Wildman–Crippen MR) is 93.9 cm³/mol. The molecule has 1 amide bonds.